The summed E-state index contributed by atoms with van der Waals surface area (Å²) in [6.45, 7) is 4.62. The monoisotopic (exact) mass is 650 g/mol. The number of carboxylic acid groups (broad SMARTS) is 1. The molecule has 3 heterocycles. The van der Waals surface area contributed by atoms with Gasteiger partial charge in [-0.25, -0.2) is 17.6 Å². The molecule has 3 aliphatic heterocycles. The van der Waals surface area contributed by atoms with Gasteiger partial charge in [0.15, 0.2) is 0 Å². The highest BCUT2D eigenvalue weighted by molar-refractivity contribution is 7.89. The Hall–Kier alpha value is -2.77. The SMILES string of the molecule is C[C@@H]1CC(c2ccc(Cl)cc2)([C@H](NC(=O)O)C(=O)Nc2cccc(F)c2CC[C@H]2CN[C@@H]3CCCS(=O)(=O)N2C3)C[C@H](C)O1. The zero-order valence-corrected chi connectivity index (χ0v) is 26.5. The fourth-order valence-corrected chi connectivity index (χ4v) is 9.22. The smallest absolute Gasteiger partial charge is 0.405 e. The van der Waals surface area contributed by atoms with Crippen LogP contribution >= 0.6 is 11.6 Å². The Morgan fingerprint density at radius 3 is 2.57 bits per heavy atom. The fraction of sp³-hybridized carbons (Fsp3) is 0.548. The molecule has 3 aliphatic rings. The van der Waals surface area contributed by atoms with Crippen molar-refractivity contribution in [2.24, 2.45) is 0 Å². The maximum atomic E-state index is 15.3. The Bertz CT molecular complexity index is 1470. The number of carbonyl (C=O) groups is 2. The van der Waals surface area contributed by atoms with E-state index in [1.54, 1.807) is 34.6 Å². The molecule has 44 heavy (non-hydrogen) atoms. The molecule has 5 rings (SSSR count). The first kappa shape index (κ1) is 32.6. The molecule has 10 nitrogen and oxygen atoms in total. The lowest BCUT2D eigenvalue weighted by molar-refractivity contribution is -0.124. The maximum absolute atomic E-state index is 15.3. The molecule has 2 aromatic rings. The number of hydrogen-bond acceptors (Lipinski definition) is 6. The quantitative estimate of drug-likeness (QED) is 0.335. The zero-order valence-electron chi connectivity index (χ0n) is 24.9. The Labute approximate surface area is 262 Å². The molecule has 240 valence electrons. The van der Waals surface area contributed by atoms with Crippen LogP contribution in [0.2, 0.25) is 5.02 Å². The molecule has 2 amide bonds. The third kappa shape index (κ3) is 7.04. The number of hydrogen-bond donors (Lipinski definition) is 4. The van der Waals surface area contributed by atoms with E-state index < -0.39 is 39.3 Å². The maximum Gasteiger partial charge on any atom is 0.405 e. The van der Waals surface area contributed by atoms with Crippen molar-refractivity contribution in [1.29, 1.82) is 0 Å². The Morgan fingerprint density at radius 2 is 1.89 bits per heavy atom. The molecule has 2 aromatic carbocycles. The molecule has 0 spiro atoms. The van der Waals surface area contributed by atoms with Crippen LogP contribution in [0.3, 0.4) is 0 Å². The van der Waals surface area contributed by atoms with E-state index in [4.69, 9.17) is 16.3 Å². The predicted octanol–water partition coefficient (Wildman–Crippen LogP) is 4.28. The number of benzene rings is 2. The molecule has 2 unspecified atom stereocenters. The molecular formula is C31H40ClFN4O6S. The van der Waals surface area contributed by atoms with Crippen LogP contribution in [0, 0.1) is 5.82 Å². The van der Waals surface area contributed by atoms with E-state index >= 15 is 4.39 Å². The summed E-state index contributed by atoms with van der Waals surface area (Å²) in [6.07, 6.45) is 0.700. The van der Waals surface area contributed by atoms with Crippen LogP contribution in [-0.2, 0) is 31.4 Å². The second-order valence-electron chi connectivity index (χ2n) is 12.3. The van der Waals surface area contributed by atoms with E-state index in [1.165, 1.54) is 12.1 Å². The van der Waals surface area contributed by atoms with Gasteiger partial charge in [0.2, 0.25) is 15.9 Å². The summed E-state index contributed by atoms with van der Waals surface area (Å²) >= 11 is 6.17. The van der Waals surface area contributed by atoms with Gasteiger partial charge in [-0.3, -0.25) is 4.79 Å². The number of nitrogens with one attached hydrogen (secondary N) is 3. The lowest BCUT2D eigenvalue weighted by Crippen LogP contribution is -2.60. The summed E-state index contributed by atoms with van der Waals surface area (Å²) < 4.78 is 48.7. The summed E-state index contributed by atoms with van der Waals surface area (Å²) in [4.78, 5) is 26.2. The number of piperazine rings is 1. The van der Waals surface area contributed by atoms with Crippen molar-refractivity contribution in [3.63, 3.8) is 0 Å². The standard InChI is InChI=1S/C31H40ClFN4O6S/c1-19-15-31(16-20(2)43-19,21-8-10-22(32)11-9-21)28(36-30(39)40)29(38)35-27-7-3-6-26(33)25(27)13-12-24-17-34-23-5-4-14-44(41,42)37(24)18-23/h3,6-11,19-20,23-24,28,34,36H,4-5,12-18H2,1-2H3,(H,35,38)(H,39,40)/t19-,20+,23-,24+,28-,31?/m1/s1. The van der Waals surface area contributed by atoms with Gasteiger partial charge < -0.3 is 25.8 Å². The molecular weight excluding hydrogens is 611 g/mol. The number of carbonyl (C=O) groups excluding carboxylic acids is 1. The first-order valence-corrected chi connectivity index (χ1v) is 17.1. The van der Waals surface area contributed by atoms with E-state index in [9.17, 15) is 23.1 Å². The number of nitrogens with zero attached hydrogens (tertiary/aromatic N) is 1. The van der Waals surface area contributed by atoms with Gasteiger partial charge in [-0.2, -0.15) is 4.31 Å². The second kappa shape index (κ2) is 13.3. The molecule has 0 saturated carbocycles. The second-order valence-corrected chi connectivity index (χ2v) is 14.8. The number of fused-ring (bicyclic) bond motifs is 2. The minimum atomic E-state index is -3.42. The van der Waals surface area contributed by atoms with E-state index in [0.29, 0.717) is 43.8 Å². The van der Waals surface area contributed by atoms with Crippen LogP contribution in [0.4, 0.5) is 14.9 Å². The average Bonchev–Trinajstić information content (AvgIpc) is 3.07. The van der Waals surface area contributed by atoms with Gasteiger partial charge in [-0.15, -0.1) is 0 Å². The summed E-state index contributed by atoms with van der Waals surface area (Å²) in [5.74, 6) is -1.07. The zero-order chi connectivity index (χ0) is 31.6. The van der Waals surface area contributed by atoms with Crippen LogP contribution in [0.25, 0.3) is 0 Å². The Kier molecular flexibility index (Phi) is 9.86. The van der Waals surface area contributed by atoms with E-state index in [0.717, 1.165) is 12.0 Å². The molecule has 4 N–H and O–H groups in total. The molecule has 0 aliphatic carbocycles. The number of rotatable bonds is 8. The van der Waals surface area contributed by atoms with Crippen LogP contribution < -0.4 is 16.0 Å². The van der Waals surface area contributed by atoms with Gasteiger partial charge in [0, 0.05) is 46.9 Å². The average molecular weight is 651 g/mol. The minimum Gasteiger partial charge on any atom is -0.465 e. The summed E-state index contributed by atoms with van der Waals surface area (Å²) in [5.41, 5.74) is 0.202. The first-order valence-electron chi connectivity index (χ1n) is 15.1. The highest BCUT2D eigenvalue weighted by Crippen LogP contribution is 2.43. The lowest BCUT2D eigenvalue weighted by Gasteiger charge is -2.47. The third-order valence-electron chi connectivity index (χ3n) is 9.14. The molecule has 0 aromatic heterocycles. The largest absolute Gasteiger partial charge is 0.465 e. The summed E-state index contributed by atoms with van der Waals surface area (Å²) in [5, 5.41) is 19.1. The molecule has 0 radical (unpaired) electrons. The number of anilines is 1. The molecule has 13 heteroatoms. The van der Waals surface area contributed by atoms with E-state index in [1.807, 2.05) is 13.8 Å². The van der Waals surface area contributed by atoms with Gasteiger partial charge in [0.1, 0.15) is 11.9 Å². The topological polar surface area (TPSA) is 137 Å². The highest BCUT2D eigenvalue weighted by Gasteiger charge is 2.50. The molecule has 2 bridgehead atoms. The Morgan fingerprint density at radius 1 is 1.18 bits per heavy atom. The van der Waals surface area contributed by atoms with Crippen LogP contribution in [-0.4, -0.2) is 79.0 Å². The van der Waals surface area contributed by atoms with Crippen molar-refractivity contribution in [2.45, 2.75) is 88.1 Å². The van der Waals surface area contributed by atoms with Crippen LogP contribution in [0.5, 0.6) is 0 Å². The molecule has 3 fully saturated rings. The van der Waals surface area contributed by atoms with Crippen molar-refractivity contribution >= 4 is 39.3 Å². The minimum absolute atomic E-state index is 0.0955. The normalized spacial score (nSPS) is 30.5. The van der Waals surface area contributed by atoms with E-state index in [-0.39, 0.29) is 47.7 Å². The van der Waals surface area contributed by atoms with Crippen molar-refractivity contribution in [1.82, 2.24) is 14.9 Å². The number of ether oxygens (including phenoxy) is 1. The van der Waals surface area contributed by atoms with Crippen molar-refractivity contribution < 1.29 is 32.2 Å². The summed E-state index contributed by atoms with van der Waals surface area (Å²) in [7, 11) is -3.42. The van der Waals surface area contributed by atoms with Gasteiger partial charge in [0.05, 0.1) is 18.0 Å². The van der Waals surface area contributed by atoms with Crippen LogP contribution in [0.15, 0.2) is 42.5 Å². The van der Waals surface area contributed by atoms with Crippen molar-refractivity contribution in [3.8, 4) is 0 Å². The third-order valence-corrected chi connectivity index (χ3v) is 11.4. The van der Waals surface area contributed by atoms with Gasteiger partial charge in [0.25, 0.3) is 0 Å². The molecule has 3 saturated heterocycles. The Balaban J connectivity index is 1.43. The van der Waals surface area contributed by atoms with Gasteiger partial charge in [-0.05, 0) is 82.2 Å². The number of halogens is 2. The predicted molar refractivity (Wildman–Crippen MR) is 166 cm³/mol. The molecule has 7 atom stereocenters. The van der Waals surface area contributed by atoms with Gasteiger partial charge >= 0.3 is 6.09 Å². The lowest BCUT2D eigenvalue weighted by atomic mass is 9.65. The van der Waals surface area contributed by atoms with Crippen LogP contribution in [0.1, 0.15) is 57.1 Å². The highest BCUT2D eigenvalue weighted by atomic mass is 35.5. The number of amides is 2. The first-order chi connectivity index (χ1) is 20.9. The van der Waals surface area contributed by atoms with Gasteiger partial charge in [-0.1, -0.05) is 29.8 Å². The fourth-order valence-electron chi connectivity index (χ4n) is 7.29. The van der Waals surface area contributed by atoms with Crippen molar-refractivity contribution in [2.75, 3.05) is 24.2 Å². The van der Waals surface area contributed by atoms with Crippen molar-refractivity contribution in [3.05, 3.63) is 64.4 Å². The summed E-state index contributed by atoms with van der Waals surface area (Å²) in [6, 6.07) is 9.87. The number of sulfonamides is 1. The van der Waals surface area contributed by atoms with E-state index in [2.05, 4.69) is 16.0 Å².